The minimum atomic E-state index is -4.42. The largest absolute Gasteiger partial charge is 0.416 e. The standard InChI is InChI=1S/C22H24F3N5O2/c1-12(2)30-17-10-26-29(21(32)19(17)20(28-30)15-4-5-15)11-18(31)27-13(3)14-6-8-16(9-7-14)22(23,24)25/h6-10,12-13,15H,4-5,11H2,1-3H3,(H,27,31). The van der Waals surface area contributed by atoms with Crippen LogP contribution in [0.4, 0.5) is 13.2 Å². The molecule has 2 heterocycles. The van der Waals surface area contributed by atoms with Crippen LogP contribution in [0.1, 0.15) is 68.4 Å². The predicted octanol–water partition coefficient (Wildman–Crippen LogP) is 3.95. The number of fused-ring (bicyclic) bond motifs is 1. The fourth-order valence-electron chi connectivity index (χ4n) is 3.73. The number of halogens is 3. The van der Waals surface area contributed by atoms with E-state index in [2.05, 4.69) is 15.5 Å². The zero-order valence-electron chi connectivity index (χ0n) is 18.0. The third-order valence-corrected chi connectivity index (χ3v) is 5.60. The second-order valence-corrected chi connectivity index (χ2v) is 8.47. The smallest absolute Gasteiger partial charge is 0.348 e. The number of hydrogen-bond donors (Lipinski definition) is 1. The summed E-state index contributed by atoms with van der Waals surface area (Å²) in [5.74, 6) is -0.204. The monoisotopic (exact) mass is 447 g/mol. The van der Waals surface area contributed by atoms with Crippen LogP contribution in [-0.2, 0) is 17.5 Å². The molecule has 1 unspecified atom stereocenters. The number of benzene rings is 1. The van der Waals surface area contributed by atoms with Crippen molar-refractivity contribution in [3.63, 3.8) is 0 Å². The quantitative estimate of drug-likeness (QED) is 0.621. The van der Waals surface area contributed by atoms with E-state index in [0.29, 0.717) is 16.5 Å². The van der Waals surface area contributed by atoms with Crippen molar-refractivity contribution in [3.8, 4) is 0 Å². The molecule has 10 heteroatoms. The fraction of sp³-hybridized carbons (Fsp3) is 0.455. The van der Waals surface area contributed by atoms with Crippen LogP contribution in [0.2, 0.25) is 0 Å². The van der Waals surface area contributed by atoms with Gasteiger partial charge in [0.2, 0.25) is 5.91 Å². The van der Waals surface area contributed by atoms with Crippen LogP contribution in [0, 0.1) is 0 Å². The molecule has 0 aliphatic heterocycles. The van der Waals surface area contributed by atoms with Gasteiger partial charge in [-0.1, -0.05) is 12.1 Å². The van der Waals surface area contributed by atoms with Crippen LogP contribution in [0.25, 0.3) is 10.9 Å². The van der Waals surface area contributed by atoms with Gasteiger partial charge in [0.1, 0.15) is 6.54 Å². The van der Waals surface area contributed by atoms with Crippen molar-refractivity contribution in [2.45, 2.75) is 64.3 Å². The van der Waals surface area contributed by atoms with E-state index in [-0.39, 0.29) is 24.1 Å². The zero-order valence-corrected chi connectivity index (χ0v) is 18.0. The SMILES string of the molecule is CC(NC(=O)Cn1ncc2c(c(C3CC3)nn2C(C)C)c1=O)c1ccc(C(F)(F)F)cc1. The lowest BCUT2D eigenvalue weighted by atomic mass is 10.1. The minimum Gasteiger partial charge on any atom is -0.348 e. The molecule has 1 N–H and O–H groups in total. The first-order chi connectivity index (χ1) is 15.1. The Hall–Kier alpha value is -3.17. The molecule has 3 aromatic rings. The molecule has 2 aromatic heterocycles. The van der Waals surface area contributed by atoms with E-state index >= 15 is 0 Å². The summed E-state index contributed by atoms with van der Waals surface area (Å²) in [5.41, 5.74) is 0.817. The number of aromatic nitrogens is 4. The van der Waals surface area contributed by atoms with Gasteiger partial charge in [0.05, 0.1) is 34.4 Å². The first-order valence-corrected chi connectivity index (χ1v) is 10.5. The maximum Gasteiger partial charge on any atom is 0.416 e. The lowest BCUT2D eigenvalue weighted by molar-refractivity contribution is -0.137. The first kappa shape index (κ1) is 22.0. The molecule has 1 aliphatic rings. The number of carbonyl (C=O) groups excluding carboxylic acids is 1. The van der Waals surface area contributed by atoms with Crippen molar-refractivity contribution in [1.29, 1.82) is 0 Å². The Morgan fingerprint density at radius 2 is 1.84 bits per heavy atom. The molecule has 0 bridgehead atoms. The molecule has 0 radical (unpaired) electrons. The van der Waals surface area contributed by atoms with Crippen LogP contribution >= 0.6 is 0 Å². The van der Waals surface area contributed by atoms with Gasteiger partial charge in [0.25, 0.3) is 5.56 Å². The molecule has 0 spiro atoms. The van der Waals surface area contributed by atoms with E-state index < -0.39 is 23.7 Å². The number of carbonyl (C=O) groups is 1. The van der Waals surface area contributed by atoms with Gasteiger partial charge in [-0.3, -0.25) is 14.3 Å². The second kappa shape index (κ2) is 8.07. The topological polar surface area (TPSA) is 81.8 Å². The Balaban J connectivity index is 1.53. The predicted molar refractivity (Wildman–Crippen MR) is 112 cm³/mol. The minimum absolute atomic E-state index is 0.0648. The number of nitrogens with zero attached hydrogens (tertiary/aromatic N) is 4. The van der Waals surface area contributed by atoms with Crippen LogP contribution in [0.5, 0.6) is 0 Å². The van der Waals surface area contributed by atoms with Crippen LogP contribution in [0.15, 0.2) is 35.3 Å². The van der Waals surface area contributed by atoms with E-state index in [9.17, 15) is 22.8 Å². The fourth-order valence-corrected chi connectivity index (χ4v) is 3.73. The summed E-state index contributed by atoms with van der Waals surface area (Å²) >= 11 is 0. The molecule has 170 valence electrons. The third-order valence-electron chi connectivity index (χ3n) is 5.60. The maximum absolute atomic E-state index is 13.1. The van der Waals surface area contributed by atoms with Crippen LogP contribution in [-0.4, -0.2) is 25.5 Å². The Morgan fingerprint density at radius 1 is 1.19 bits per heavy atom. The van der Waals surface area contributed by atoms with Crippen molar-refractivity contribution in [1.82, 2.24) is 24.9 Å². The average Bonchev–Trinajstić information content (AvgIpc) is 3.49. The average molecular weight is 447 g/mol. The molecule has 1 aliphatic carbocycles. The summed E-state index contributed by atoms with van der Waals surface area (Å²) < 4.78 is 41.1. The molecule has 32 heavy (non-hydrogen) atoms. The molecule has 7 nitrogen and oxygen atoms in total. The summed E-state index contributed by atoms with van der Waals surface area (Å²) in [5, 5.41) is 12.0. The van der Waals surface area contributed by atoms with Crippen molar-refractivity contribution in [2.75, 3.05) is 0 Å². The van der Waals surface area contributed by atoms with Gasteiger partial charge < -0.3 is 5.32 Å². The van der Waals surface area contributed by atoms with Crippen LogP contribution < -0.4 is 10.9 Å². The van der Waals surface area contributed by atoms with E-state index in [1.807, 2.05) is 13.8 Å². The van der Waals surface area contributed by atoms with Crippen LogP contribution in [0.3, 0.4) is 0 Å². The lowest BCUT2D eigenvalue weighted by Crippen LogP contribution is -2.35. The summed E-state index contributed by atoms with van der Waals surface area (Å²) in [6.07, 6.45) is -0.893. The van der Waals surface area contributed by atoms with Gasteiger partial charge >= 0.3 is 6.18 Å². The van der Waals surface area contributed by atoms with Gasteiger partial charge in [-0.25, -0.2) is 4.68 Å². The van der Waals surface area contributed by atoms with Gasteiger partial charge in [0, 0.05) is 12.0 Å². The highest BCUT2D eigenvalue weighted by molar-refractivity contribution is 5.82. The Kier molecular flexibility index (Phi) is 5.56. The Labute approximate surface area is 182 Å². The van der Waals surface area contributed by atoms with Gasteiger partial charge in [0.15, 0.2) is 0 Å². The highest BCUT2D eigenvalue weighted by Gasteiger charge is 2.32. The molecule has 1 atom stereocenters. The van der Waals surface area contributed by atoms with Gasteiger partial charge in [-0.05, 0) is 51.3 Å². The highest BCUT2D eigenvalue weighted by Crippen LogP contribution is 2.41. The van der Waals surface area contributed by atoms with Crippen molar-refractivity contribution >= 4 is 16.8 Å². The van der Waals surface area contributed by atoms with Gasteiger partial charge in [-0.2, -0.15) is 23.4 Å². The van der Waals surface area contributed by atoms with Gasteiger partial charge in [-0.15, -0.1) is 0 Å². The Morgan fingerprint density at radius 3 is 2.41 bits per heavy atom. The highest BCUT2D eigenvalue weighted by atomic mass is 19.4. The van der Waals surface area contributed by atoms with E-state index in [1.54, 1.807) is 17.8 Å². The molecule has 1 fully saturated rings. The number of alkyl halides is 3. The summed E-state index contributed by atoms with van der Waals surface area (Å²) in [6.45, 7) is 5.32. The summed E-state index contributed by atoms with van der Waals surface area (Å²) in [6, 6.07) is 4.14. The summed E-state index contributed by atoms with van der Waals surface area (Å²) in [4.78, 5) is 25.6. The summed E-state index contributed by atoms with van der Waals surface area (Å²) in [7, 11) is 0. The van der Waals surface area contributed by atoms with E-state index in [0.717, 1.165) is 35.4 Å². The molecule has 4 rings (SSSR count). The Bertz CT molecular complexity index is 1210. The molecular weight excluding hydrogens is 423 g/mol. The molecule has 1 saturated carbocycles. The number of hydrogen-bond acceptors (Lipinski definition) is 4. The number of rotatable bonds is 6. The van der Waals surface area contributed by atoms with E-state index in [4.69, 9.17) is 0 Å². The second-order valence-electron chi connectivity index (χ2n) is 8.47. The normalized spacial score (nSPS) is 15.3. The van der Waals surface area contributed by atoms with E-state index in [1.165, 1.54) is 12.1 Å². The lowest BCUT2D eigenvalue weighted by Gasteiger charge is -2.16. The molecule has 0 saturated heterocycles. The maximum atomic E-state index is 13.1. The molecule has 1 aromatic carbocycles. The van der Waals surface area contributed by atoms with Crippen molar-refractivity contribution < 1.29 is 18.0 Å². The third kappa shape index (κ3) is 4.26. The molecule has 1 amide bonds. The number of nitrogens with one attached hydrogen (secondary N) is 1. The number of amides is 1. The first-order valence-electron chi connectivity index (χ1n) is 10.5. The van der Waals surface area contributed by atoms with Crippen molar-refractivity contribution in [2.24, 2.45) is 0 Å². The van der Waals surface area contributed by atoms with Crippen molar-refractivity contribution in [3.05, 3.63) is 57.6 Å². The molecular formula is C22H24F3N5O2. The zero-order chi connectivity index (χ0) is 23.2.